The van der Waals surface area contributed by atoms with Gasteiger partial charge in [-0.15, -0.1) is 0 Å². The molecule has 0 N–H and O–H groups in total. The van der Waals surface area contributed by atoms with Crippen LogP contribution in [0.5, 0.6) is 0 Å². The monoisotopic (exact) mass is 298 g/mol. The van der Waals surface area contributed by atoms with Crippen molar-refractivity contribution in [3.05, 3.63) is 35.9 Å². The van der Waals surface area contributed by atoms with Crippen LogP contribution in [0.4, 0.5) is 0 Å². The highest BCUT2D eigenvalue weighted by molar-refractivity contribution is 5.15. The minimum absolute atomic E-state index is 0.851. The molecule has 2 saturated heterocycles. The normalized spacial score (nSPS) is 33.2. The SMILES string of the molecule is c1ccc(CCN2CCN3[C@@H](CC[C@@H]4CCCC[C@H]43)C2)cc1. The van der Waals surface area contributed by atoms with Gasteiger partial charge in [0.25, 0.3) is 0 Å². The van der Waals surface area contributed by atoms with Crippen molar-refractivity contribution in [1.29, 1.82) is 0 Å². The van der Waals surface area contributed by atoms with E-state index in [1.807, 2.05) is 0 Å². The molecule has 1 saturated carbocycles. The highest BCUT2D eigenvalue weighted by atomic mass is 15.3. The predicted octanol–water partition coefficient (Wildman–Crippen LogP) is 3.57. The molecule has 0 amide bonds. The molecule has 2 aliphatic heterocycles. The summed E-state index contributed by atoms with van der Waals surface area (Å²) in [5.74, 6) is 1.03. The van der Waals surface area contributed by atoms with Gasteiger partial charge in [0.15, 0.2) is 0 Å². The largest absolute Gasteiger partial charge is 0.300 e. The Morgan fingerprint density at radius 1 is 0.909 bits per heavy atom. The van der Waals surface area contributed by atoms with Crippen molar-refractivity contribution in [2.45, 2.75) is 57.0 Å². The maximum absolute atomic E-state index is 2.91. The predicted molar refractivity (Wildman–Crippen MR) is 92.1 cm³/mol. The number of hydrogen-bond acceptors (Lipinski definition) is 2. The molecule has 2 heterocycles. The fourth-order valence-electron chi connectivity index (χ4n) is 5.13. The lowest BCUT2D eigenvalue weighted by atomic mass is 9.75. The first kappa shape index (κ1) is 14.7. The summed E-state index contributed by atoms with van der Waals surface area (Å²) in [4.78, 5) is 5.63. The maximum Gasteiger partial charge on any atom is 0.0226 e. The molecule has 120 valence electrons. The van der Waals surface area contributed by atoms with Gasteiger partial charge in [0.05, 0.1) is 0 Å². The summed E-state index contributed by atoms with van der Waals surface area (Å²) < 4.78 is 0. The first-order chi connectivity index (χ1) is 10.9. The standard InChI is InChI=1S/C20H30N2/c1-2-6-17(7-3-1)12-13-21-14-15-22-19(16-21)11-10-18-8-4-5-9-20(18)22/h1-3,6-7,18-20H,4-5,8-16H2/t18-,19-,20+/m0/s1. The van der Waals surface area contributed by atoms with Crippen molar-refractivity contribution in [2.24, 2.45) is 5.92 Å². The molecule has 4 rings (SSSR count). The van der Waals surface area contributed by atoms with Gasteiger partial charge in [-0.3, -0.25) is 4.90 Å². The van der Waals surface area contributed by atoms with Crippen LogP contribution in [0.1, 0.15) is 44.1 Å². The smallest absolute Gasteiger partial charge is 0.0226 e. The number of piperazine rings is 1. The van der Waals surface area contributed by atoms with Crippen LogP contribution in [0, 0.1) is 5.92 Å². The van der Waals surface area contributed by atoms with E-state index in [1.165, 1.54) is 76.7 Å². The van der Waals surface area contributed by atoms with E-state index >= 15 is 0 Å². The van der Waals surface area contributed by atoms with E-state index < -0.39 is 0 Å². The molecule has 0 radical (unpaired) electrons. The average Bonchev–Trinajstić information content (AvgIpc) is 2.60. The lowest BCUT2D eigenvalue weighted by Gasteiger charge is -2.53. The second-order valence-electron chi connectivity index (χ2n) is 7.62. The molecule has 3 fully saturated rings. The Labute approximate surface area is 135 Å². The second kappa shape index (κ2) is 6.72. The topological polar surface area (TPSA) is 6.48 Å². The minimum atomic E-state index is 0.851. The lowest BCUT2D eigenvalue weighted by Crippen LogP contribution is -2.61. The molecule has 1 aromatic rings. The van der Waals surface area contributed by atoms with E-state index in [0.717, 1.165) is 18.0 Å². The number of piperidine rings is 1. The van der Waals surface area contributed by atoms with Crippen molar-refractivity contribution < 1.29 is 0 Å². The third-order valence-electron chi connectivity index (χ3n) is 6.34. The highest BCUT2D eigenvalue weighted by Crippen LogP contribution is 2.38. The van der Waals surface area contributed by atoms with Crippen molar-refractivity contribution in [3.8, 4) is 0 Å². The van der Waals surface area contributed by atoms with Crippen molar-refractivity contribution in [3.63, 3.8) is 0 Å². The second-order valence-corrected chi connectivity index (χ2v) is 7.62. The van der Waals surface area contributed by atoms with Gasteiger partial charge < -0.3 is 4.90 Å². The molecular weight excluding hydrogens is 268 g/mol. The van der Waals surface area contributed by atoms with E-state index in [1.54, 1.807) is 0 Å². The summed E-state index contributed by atoms with van der Waals surface area (Å²) in [5.41, 5.74) is 1.49. The fourth-order valence-corrected chi connectivity index (χ4v) is 5.13. The van der Waals surface area contributed by atoms with Crippen LogP contribution in [0.25, 0.3) is 0 Å². The summed E-state index contributed by atoms with van der Waals surface area (Å²) in [6.45, 7) is 5.16. The summed E-state index contributed by atoms with van der Waals surface area (Å²) >= 11 is 0. The Hall–Kier alpha value is -0.860. The average molecular weight is 298 g/mol. The first-order valence-electron chi connectivity index (χ1n) is 9.42. The Bertz CT molecular complexity index is 472. The molecule has 2 nitrogen and oxygen atoms in total. The third-order valence-corrected chi connectivity index (χ3v) is 6.34. The molecule has 1 aromatic carbocycles. The van der Waals surface area contributed by atoms with Crippen LogP contribution in [0.3, 0.4) is 0 Å². The molecule has 0 unspecified atom stereocenters. The number of hydrogen-bond donors (Lipinski definition) is 0. The molecule has 2 heteroatoms. The molecular formula is C20H30N2. The molecule has 3 atom stereocenters. The number of benzene rings is 1. The highest BCUT2D eigenvalue weighted by Gasteiger charge is 2.40. The van der Waals surface area contributed by atoms with E-state index in [0.29, 0.717) is 0 Å². The van der Waals surface area contributed by atoms with Gasteiger partial charge in [0.2, 0.25) is 0 Å². The van der Waals surface area contributed by atoms with Crippen LogP contribution in [-0.4, -0.2) is 48.1 Å². The van der Waals surface area contributed by atoms with Crippen molar-refractivity contribution >= 4 is 0 Å². The molecule has 0 spiro atoms. The van der Waals surface area contributed by atoms with Gasteiger partial charge in [0, 0.05) is 38.3 Å². The Morgan fingerprint density at radius 3 is 2.68 bits per heavy atom. The summed E-state index contributed by atoms with van der Waals surface area (Å²) in [6.07, 6.45) is 10.1. The van der Waals surface area contributed by atoms with Gasteiger partial charge in [-0.1, -0.05) is 43.2 Å². The van der Waals surface area contributed by atoms with E-state index in [-0.39, 0.29) is 0 Å². The Morgan fingerprint density at radius 2 is 1.77 bits per heavy atom. The summed E-state index contributed by atoms with van der Waals surface area (Å²) in [5, 5.41) is 0. The minimum Gasteiger partial charge on any atom is -0.300 e. The van der Waals surface area contributed by atoms with Crippen LogP contribution in [0.2, 0.25) is 0 Å². The van der Waals surface area contributed by atoms with Crippen LogP contribution < -0.4 is 0 Å². The summed E-state index contributed by atoms with van der Waals surface area (Å²) in [7, 11) is 0. The van der Waals surface area contributed by atoms with Crippen LogP contribution >= 0.6 is 0 Å². The first-order valence-corrected chi connectivity index (χ1v) is 9.42. The van der Waals surface area contributed by atoms with Gasteiger partial charge in [-0.25, -0.2) is 0 Å². The molecule has 1 aliphatic carbocycles. The number of rotatable bonds is 3. The third kappa shape index (κ3) is 3.09. The molecule has 3 aliphatic rings. The van der Waals surface area contributed by atoms with Gasteiger partial charge in [-0.05, 0) is 43.6 Å². The van der Waals surface area contributed by atoms with Crippen LogP contribution in [0.15, 0.2) is 30.3 Å². The molecule has 0 bridgehead atoms. The Balaban J connectivity index is 1.32. The van der Waals surface area contributed by atoms with E-state index in [4.69, 9.17) is 0 Å². The zero-order valence-electron chi connectivity index (χ0n) is 13.8. The van der Waals surface area contributed by atoms with Crippen molar-refractivity contribution in [1.82, 2.24) is 9.80 Å². The van der Waals surface area contributed by atoms with Gasteiger partial charge in [0.1, 0.15) is 0 Å². The zero-order chi connectivity index (χ0) is 14.8. The van der Waals surface area contributed by atoms with Gasteiger partial charge in [-0.2, -0.15) is 0 Å². The zero-order valence-corrected chi connectivity index (χ0v) is 13.8. The molecule has 22 heavy (non-hydrogen) atoms. The number of fused-ring (bicyclic) bond motifs is 3. The van der Waals surface area contributed by atoms with Crippen LogP contribution in [-0.2, 0) is 6.42 Å². The maximum atomic E-state index is 2.91. The van der Waals surface area contributed by atoms with E-state index in [2.05, 4.69) is 40.1 Å². The Kier molecular flexibility index (Phi) is 4.49. The number of nitrogens with zero attached hydrogens (tertiary/aromatic N) is 2. The van der Waals surface area contributed by atoms with Crippen molar-refractivity contribution in [2.75, 3.05) is 26.2 Å². The van der Waals surface area contributed by atoms with E-state index in [9.17, 15) is 0 Å². The fraction of sp³-hybridized carbons (Fsp3) is 0.700. The quantitative estimate of drug-likeness (QED) is 0.842. The van der Waals surface area contributed by atoms with Gasteiger partial charge >= 0.3 is 0 Å². The summed E-state index contributed by atoms with van der Waals surface area (Å²) in [6, 6.07) is 12.8. The lowest BCUT2D eigenvalue weighted by molar-refractivity contribution is -0.0318. The molecule has 0 aromatic heterocycles.